The summed E-state index contributed by atoms with van der Waals surface area (Å²) in [6.07, 6.45) is 0.520. The molecule has 20 heavy (non-hydrogen) atoms. The van der Waals surface area contributed by atoms with E-state index in [1.165, 1.54) is 0 Å². The van der Waals surface area contributed by atoms with E-state index in [0.717, 1.165) is 5.75 Å². The number of hydrogen-bond donors (Lipinski definition) is 0. The van der Waals surface area contributed by atoms with Gasteiger partial charge in [0.25, 0.3) is 5.91 Å². The molecular weight excluding hydrogens is 256 g/mol. The van der Waals surface area contributed by atoms with E-state index in [-0.39, 0.29) is 11.8 Å². The second-order valence-electron chi connectivity index (χ2n) is 4.76. The Hall–Kier alpha value is -2.04. The second-order valence-corrected chi connectivity index (χ2v) is 4.76. The van der Waals surface area contributed by atoms with E-state index in [2.05, 4.69) is 0 Å². The van der Waals surface area contributed by atoms with E-state index in [1.807, 2.05) is 11.8 Å². The molecule has 1 heterocycles. The van der Waals surface area contributed by atoms with Crippen molar-refractivity contribution < 1.29 is 14.3 Å². The van der Waals surface area contributed by atoms with Crippen molar-refractivity contribution >= 4 is 11.8 Å². The molecule has 1 aromatic rings. The molecule has 108 valence electrons. The predicted molar refractivity (Wildman–Crippen MR) is 75.8 cm³/mol. The lowest BCUT2D eigenvalue weighted by Crippen LogP contribution is -2.50. The van der Waals surface area contributed by atoms with Gasteiger partial charge >= 0.3 is 0 Å². The van der Waals surface area contributed by atoms with Crippen molar-refractivity contribution in [2.75, 3.05) is 33.3 Å². The van der Waals surface area contributed by atoms with Gasteiger partial charge in [-0.2, -0.15) is 0 Å². The first-order chi connectivity index (χ1) is 9.65. The molecule has 0 bridgehead atoms. The summed E-state index contributed by atoms with van der Waals surface area (Å²) in [6, 6.07) is 7.10. The quantitative estimate of drug-likeness (QED) is 0.838. The van der Waals surface area contributed by atoms with Crippen LogP contribution in [0.5, 0.6) is 5.75 Å². The van der Waals surface area contributed by atoms with Crippen molar-refractivity contribution in [3.05, 3.63) is 29.8 Å². The maximum atomic E-state index is 12.3. The van der Waals surface area contributed by atoms with Crippen LogP contribution in [0.2, 0.25) is 0 Å². The Bertz CT molecular complexity index is 476. The minimum Gasteiger partial charge on any atom is -0.497 e. The highest BCUT2D eigenvalue weighted by Crippen LogP contribution is 2.14. The van der Waals surface area contributed by atoms with Crippen LogP contribution in [0.1, 0.15) is 23.7 Å². The molecule has 1 fully saturated rings. The second kappa shape index (κ2) is 6.41. The molecule has 1 aliphatic rings. The summed E-state index contributed by atoms with van der Waals surface area (Å²) in [5.74, 6) is 0.901. The van der Waals surface area contributed by atoms with Gasteiger partial charge in [-0.25, -0.2) is 0 Å². The molecule has 1 aliphatic heterocycles. The van der Waals surface area contributed by atoms with Crippen LogP contribution < -0.4 is 4.74 Å². The van der Waals surface area contributed by atoms with Crippen molar-refractivity contribution in [1.82, 2.24) is 9.80 Å². The highest BCUT2D eigenvalue weighted by atomic mass is 16.5. The molecule has 0 spiro atoms. The number of methoxy groups -OCH3 is 1. The van der Waals surface area contributed by atoms with E-state index < -0.39 is 0 Å². The van der Waals surface area contributed by atoms with E-state index in [4.69, 9.17) is 4.74 Å². The number of hydrogen-bond acceptors (Lipinski definition) is 3. The van der Waals surface area contributed by atoms with Gasteiger partial charge < -0.3 is 14.5 Å². The number of nitrogens with zero attached hydrogens (tertiary/aromatic N) is 2. The van der Waals surface area contributed by atoms with Gasteiger partial charge in [0.1, 0.15) is 5.75 Å². The van der Waals surface area contributed by atoms with Crippen LogP contribution in [0.3, 0.4) is 0 Å². The van der Waals surface area contributed by atoms with Crippen molar-refractivity contribution in [3.8, 4) is 5.75 Å². The molecule has 2 rings (SSSR count). The van der Waals surface area contributed by atoms with Crippen LogP contribution in [-0.2, 0) is 4.79 Å². The number of piperazine rings is 1. The van der Waals surface area contributed by atoms with Crippen LogP contribution in [0.25, 0.3) is 0 Å². The van der Waals surface area contributed by atoms with Crippen LogP contribution >= 0.6 is 0 Å². The first-order valence-corrected chi connectivity index (χ1v) is 6.86. The molecule has 0 atom stereocenters. The highest BCUT2D eigenvalue weighted by molar-refractivity contribution is 5.94. The average Bonchev–Trinajstić information content (AvgIpc) is 2.53. The highest BCUT2D eigenvalue weighted by Gasteiger charge is 2.23. The first kappa shape index (κ1) is 14.4. The van der Waals surface area contributed by atoms with Crippen LogP contribution in [-0.4, -0.2) is 54.9 Å². The van der Waals surface area contributed by atoms with Gasteiger partial charge in [-0.05, 0) is 24.3 Å². The fourth-order valence-corrected chi connectivity index (χ4v) is 2.30. The van der Waals surface area contributed by atoms with Crippen LogP contribution in [0, 0.1) is 0 Å². The van der Waals surface area contributed by atoms with E-state index in [1.54, 1.807) is 36.3 Å². The minimum absolute atomic E-state index is 0.0104. The number of carbonyl (C=O) groups is 2. The Morgan fingerprint density at radius 3 is 2.10 bits per heavy atom. The topological polar surface area (TPSA) is 49.9 Å². The Balaban J connectivity index is 1.95. The zero-order chi connectivity index (χ0) is 14.5. The lowest BCUT2D eigenvalue weighted by Gasteiger charge is -2.34. The summed E-state index contributed by atoms with van der Waals surface area (Å²) < 4.78 is 5.08. The molecule has 0 N–H and O–H groups in total. The van der Waals surface area contributed by atoms with Crippen molar-refractivity contribution in [1.29, 1.82) is 0 Å². The third kappa shape index (κ3) is 3.10. The lowest BCUT2D eigenvalue weighted by molar-refractivity contribution is -0.132. The lowest BCUT2D eigenvalue weighted by atomic mass is 10.1. The third-order valence-corrected chi connectivity index (χ3v) is 3.56. The summed E-state index contributed by atoms with van der Waals surface area (Å²) in [4.78, 5) is 27.5. The summed E-state index contributed by atoms with van der Waals surface area (Å²) in [7, 11) is 1.60. The standard InChI is InChI=1S/C15H20N2O3/c1-3-14(18)16-8-10-17(11-9-16)15(19)12-4-6-13(20-2)7-5-12/h4-7H,3,8-11H2,1-2H3. The van der Waals surface area contributed by atoms with E-state index in [0.29, 0.717) is 38.2 Å². The Labute approximate surface area is 119 Å². The Morgan fingerprint density at radius 1 is 1.05 bits per heavy atom. The summed E-state index contributed by atoms with van der Waals surface area (Å²) >= 11 is 0. The normalized spacial score (nSPS) is 15.1. The van der Waals surface area contributed by atoms with Gasteiger partial charge in [0.2, 0.25) is 5.91 Å². The molecule has 0 radical (unpaired) electrons. The maximum Gasteiger partial charge on any atom is 0.253 e. The Morgan fingerprint density at radius 2 is 1.60 bits per heavy atom. The van der Waals surface area contributed by atoms with Gasteiger partial charge in [0.05, 0.1) is 7.11 Å². The number of ether oxygens (including phenoxy) is 1. The monoisotopic (exact) mass is 276 g/mol. The van der Waals surface area contributed by atoms with Gasteiger partial charge in [0, 0.05) is 38.2 Å². The number of rotatable bonds is 3. The maximum absolute atomic E-state index is 12.3. The van der Waals surface area contributed by atoms with Gasteiger partial charge in [-0.3, -0.25) is 9.59 Å². The molecule has 1 saturated heterocycles. The molecule has 0 saturated carbocycles. The zero-order valence-electron chi connectivity index (χ0n) is 12.0. The summed E-state index contributed by atoms with van der Waals surface area (Å²) in [6.45, 7) is 4.29. The molecule has 5 nitrogen and oxygen atoms in total. The third-order valence-electron chi connectivity index (χ3n) is 3.56. The summed E-state index contributed by atoms with van der Waals surface area (Å²) in [5.41, 5.74) is 0.654. The smallest absolute Gasteiger partial charge is 0.253 e. The van der Waals surface area contributed by atoms with Crippen molar-refractivity contribution in [2.24, 2.45) is 0 Å². The Kier molecular flexibility index (Phi) is 4.61. The predicted octanol–water partition coefficient (Wildman–Crippen LogP) is 1.39. The molecular formula is C15H20N2O3. The molecule has 2 amide bonds. The largest absolute Gasteiger partial charge is 0.497 e. The SMILES string of the molecule is CCC(=O)N1CCN(C(=O)c2ccc(OC)cc2)CC1. The fraction of sp³-hybridized carbons (Fsp3) is 0.467. The van der Waals surface area contributed by atoms with E-state index in [9.17, 15) is 9.59 Å². The molecule has 5 heteroatoms. The molecule has 0 unspecified atom stereocenters. The van der Waals surface area contributed by atoms with Crippen LogP contribution in [0.4, 0.5) is 0 Å². The number of benzene rings is 1. The van der Waals surface area contributed by atoms with Crippen LogP contribution in [0.15, 0.2) is 24.3 Å². The minimum atomic E-state index is 0.0104. The molecule has 0 aromatic heterocycles. The number of amides is 2. The fourth-order valence-electron chi connectivity index (χ4n) is 2.30. The van der Waals surface area contributed by atoms with Crippen molar-refractivity contribution in [3.63, 3.8) is 0 Å². The van der Waals surface area contributed by atoms with Gasteiger partial charge in [0.15, 0.2) is 0 Å². The summed E-state index contributed by atoms with van der Waals surface area (Å²) in [5, 5.41) is 0. The zero-order valence-corrected chi connectivity index (χ0v) is 12.0. The van der Waals surface area contributed by atoms with Gasteiger partial charge in [-0.15, -0.1) is 0 Å². The molecule has 0 aliphatic carbocycles. The molecule has 1 aromatic carbocycles. The first-order valence-electron chi connectivity index (χ1n) is 6.86. The number of carbonyl (C=O) groups excluding carboxylic acids is 2. The van der Waals surface area contributed by atoms with Crippen molar-refractivity contribution in [2.45, 2.75) is 13.3 Å². The van der Waals surface area contributed by atoms with E-state index >= 15 is 0 Å². The van der Waals surface area contributed by atoms with Gasteiger partial charge in [-0.1, -0.05) is 6.92 Å². The average molecular weight is 276 g/mol.